The van der Waals surface area contributed by atoms with Crippen molar-refractivity contribution in [1.82, 2.24) is 0 Å². The largest absolute Gasteiger partial charge is 0.310 e. The third-order valence-electron chi connectivity index (χ3n) is 12.2. The number of hydrogen-bond donors (Lipinski definition) is 0. The zero-order chi connectivity index (χ0) is 39.8. The molecule has 1 nitrogen and oxygen atoms in total. The molecule has 0 radical (unpaired) electrons. The standard InChI is InChI=1S/C56H53N/c1-35(2)39-16-15-36(3)54(34-39)57(46-13-11-10-12-14-46)47-26-21-40-28-50-51(31-41(40)27-47)53-33-43-30-49(38-19-24-45(25-20-38)56(7,8)9)48(29-42(43)32-52(50)53)37-17-22-44(23-18-37)55(4,5)6/h10-35H,1-9H3. The first-order valence-electron chi connectivity index (χ1n) is 20.6. The van der Waals surface area contributed by atoms with Gasteiger partial charge in [0.15, 0.2) is 0 Å². The van der Waals surface area contributed by atoms with E-state index in [9.17, 15) is 0 Å². The molecule has 0 heterocycles. The second-order valence-corrected chi connectivity index (χ2v) is 18.6. The molecule has 0 bridgehead atoms. The second-order valence-electron chi connectivity index (χ2n) is 18.6. The number of anilines is 3. The molecular formula is C56H53N. The van der Waals surface area contributed by atoms with E-state index in [1.165, 1.54) is 99.7 Å². The minimum Gasteiger partial charge on any atom is -0.310 e. The van der Waals surface area contributed by atoms with Gasteiger partial charge in [-0.1, -0.05) is 140 Å². The molecule has 0 fully saturated rings. The number of benzene rings is 8. The maximum absolute atomic E-state index is 2.43. The summed E-state index contributed by atoms with van der Waals surface area (Å²) in [4.78, 5) is 2.42. The first-order valence-corrected chi connectivity index (χ1v) is 20.6. The molecule has 0 spiro atoms. The predicted octanol–water partition coefficient (Wildman–Crippen LogP) is 16.5. The molecule has 282 valence electrons. The second kappa shape index (κ2) is 13.6. The summed E-state index contributed by atoms with van der Waals surface area (Å²) in [5.74, 6) is 0.449. The molecule has 0 amide bonds. The molecular weight excluding hydrogens is 687 g/mol. The highest BCUT2D eigenvalue weighted by atomic mass is 15.1. The van der Waals surface area contributed by atoms with Crippen molar-refractivity contribution >= 4 is 38.6 Å². The highest BCUT2D eigenvalue weighted by Gasteiger charge is 2.26. The third kappa shape index (κ3) is 6.64. The Kier molecular flexibility index (Phi) is 8.78. The Morgan fingerprint density at radius 2 is 0.860 bits per heavy atom. The molecule has 0 unspecified atom stereocenters. The summed E-state index contributed by atoms with van der Waals surface area (Å²) in [6.45, 7) is 20.5. The van der Waals surface area contributed by atoms with Gasteiger partial charge in [-0.25, -0.2) is 0 Å². The zero-order valence-corrected chi connectivity index (χ0v) is 35.0. The van der Waals surface area contributed by atoms with Crippen LogP contribution in [0.3, 0.4) is 0 Å². The van der Waals surface area contributed by atoms with E-state index in [-0.39, 0.29) is 10.8 Å². The van der Waals surface area contributed by atoms with E-state index in [1.807, 2.05) is 0 Å². The van der Waals surface area contributed by atoms with Crippen LogP contribution in [0.5, 0.6) is 0 Å². The molecule has 0 N–H and O–H groups in total. The van der Waals surface area contributed by atoms with Crippen molar-refractivity contribution in [3.8, 4) is 44.5 Å². The molecule has 8 aromatic rings. The number of para-hydroxylation sites is 1. The molecule has 0 aromatic heterocycles. The van der Waals surface area contributed by atoms with Crippen LogP contribution in [0.15, 0.2) is 152 Å². The summed E-state index contributed by atoms with van der Waals surface area (Å²) < 4.78 is 0. The number of fused-ring (bicyclic) bond motifs is 6. The van der Waals surface area contributed by atoms with E-state index >= 15 is 0 Å². The Hall–Kier alpha value is -5.92. The molecule has 57 heavy (non-hydrogen) atoms. The van der Waals surface area contributed by atoms with E-state index < -0.39 is 0 Å². The lowest BCUT2D eigenvalue weighted by Gasteiger charge is -2.29. The van der Waals surface area contributed by atoms with Crippen LogP contribution in [0.2, 0.25) is 0 Å². The Morgan fingerprint density at radius 3 is 1.33 bits per heavy atom. The number of rotatable bonds is 6. The van der Waals surface area contributed by atoms with Crippen LogP contribution in [-0.4, -0.2) is 0 Å². The van der Waals surface area contributed by atoms with Crippen molar-refractivity contribution in [2.24, 2.45) is 0 Å². The fourth-order valence-corrected chi connectivity index (χ4v) is 8.61. The fraction of sp³-hybridized carbons (Fsp3) is 0.214. The molecule has 0 saturated heterocycles. The van der Waals surface area contributed by atoms with Gasteiger partial charge in [0.05, 0.1) is 0 Å². The summed E-state index contributed by atoms with van der Waals surface area (Å²) in [6, 6.07) is 57.7. The van der Waals surface area contributed by atoms with E-state index in [2.05, 4.69) is 219 Å². The Morgan fingerprint density at radius 1 is 0.404 bits per heavy atom. The zero-order valence-electron chi connectivity index (χ0n) is 35.0. The summed E-state index contributed by atoms with van der Waals surface area (Å²) >= 11 is 0. The molecule has 0 saturated carbocycles. The van der Waals surface area contributed by atoms with Crippen LogP contribution in [0, 0.1) is 6.92 Å². The smallest absolute Gasteiger partial charge is 0.0493 e. The minimum absolute atomic E-state index is 0.103. The van der Waals surface area contributed by atoms with E-state index in [0.717, 1.165) is 5.69 Å². The SMILES string of the molecule is Cc1ccc(C(C)C)cc1N(c1ccccc1)c1ccc2cc3c(cc2c1)-c1cc2cc(-c4ccc(C(C)(C)C)cc4)c(-c4ccc(C(C)(C)C)cc4)cc2cc1-3. The first-order chi connectivity index (χ1) is 27.2. The fourth-order valence-electron chi connectivity index (χ4n) is 8.61. The van der Waals surface area contributed by atoms with Crippen LogP contribution >= 0.6 is 0 Å². The summed E-state index contributed by atoms with van der Waals surface area (Å²) in [5, 5.41) is 5.06. The van der Waals surface area contributed by atoms with Crippen molar-refractivity contribution in [3.05, 3.63) is 174 Å². The normalized spacial score (nSPS) is 12.5. The van der Waals surface area contributed by atoms with Crippen LogP contribution in [0.1, 0.15) is 83.6 Å². The van der Waals surface area contributed by atoms with Gasteiger partial charge >= 0.3 is 0 Å². The predicted molar refractivity (Wildman–Crippen MR) is 248 cm³/mol. The molecule has 1 aliphatic carbocycles. The van der Waals surface area contributed by atoms with Crippen LogP contribution in [-0.2, 0) is 10.8 Å². The minimum atomic E-state index is 0.103. The molecule has 8 aromatic carbocycles. The van der Waals surface area contributed by atoms with E-state index in [0.29, 0.717) is 5.92 Å². The van der Waals surface area contributed by atoms with Gasteiger partial charge < -0.3 is 4.90 Å². The van der Waals surface area contributed by atoms with Crippen molar-refractivity contribution in [1.29, 1.82) is 0 Å². The highest BCUT2D eigenvalue weighted by Crippen LogP contribution is 2.52. The summed E-state index contributed by atoms with van der Waals surface area (Å²) in [6.07, 6.45) is 0. The van der Waals surface area contributed by atoms with Gasteiger partial charge in [0.25, 0.3) is 0 Å². The lowest BCUT2D eigenvalue weighted by Crippen LogP contribution is -2.12. The maximum Gasteiger partial charge on any atom is 0.0493 e. The van der Waals surface area contributed by atoms with Crippen molar-refractivity contribution in [2.45, 2.75) is 79.1 Å². The topological polar surface area (TPSA) is 3.24 Å². The third-order valence-corrected chi connectivity index (χ3v) is 12.2. The van der Waals surface area contributed by atoms with Crippen molar-refractivity contribution < 1.29 is 0 Å². The van der Waals surface area contributed by atoms with Gasteiger partial charge in [0.2, 0.25) is 0 Å². The molecule has 1 aliphatic rings. The number of hydrogen-bond acceptors (Lipinski definition) is 1. The summed E-state index contributed by atoms with van der Waals surface area (Å²) in [7, 11) is 0. The van der Waals surface area contributed by atoms with Crippen molar-refractivity contribution in [3.63, 3.8) is 0 Å². The Labute approximate surface area is 339 Å². The van der Waals surface area contributed by atoms with Crippen molar-refractivity contribution in [2.75, 3.05) is 4.90 Å². The molecule has 1 heteroatoms. The van der Waals surface area contributed by atoms with Crippen LogP contribution < -0.4 is 4.90 Å². The van der Waals surface area contributed by atoms with E-state index in [4.69, 9.17) is 0 Å². The quantitative estimate of drug-likeness (QED) is 0.164. The van der Waals surface area contributed by atoms with Gasteiger partial charge in [-0.05, 0) is 179 Å². The monoisotopic (exact) mass is 739 g/mol. The average molecular weight is 740 g/mol. The number of nitrogens with zero attached hydrogens (tertiary/aromatic N) is 1. The van der Waals surface area contributed by atoms with Gasteiger partial charge in [0, 0.05) is 17.1 Å². The van der Waals surface area contributed by atoms with Gasteiger partial charge in [-0.15, -0.1) is 0 Å². The Bertz CT molecular complexity index is 2810. The first kappa shape index (κ1) is 36.7. The highest BCUT2D eigenvalue weighted by molar-refractivity contribution is 6.13. The molecule has 0 aliphatic heterocycles. The average Bonchev–Trinajstić information content (AvgIpc) is 3.19. The van der Waals surface area contributed by atoms with Crippen LogP contribution in [0.25, 0.3) is 66.1 Å². The van der Waals surface area contributed by atoms with Gasteiger partial charge in [-0.2, -0.15) is 0 Å². The molecule has 9 rings (SSSR count). The van der Waals surface area contributed by atoms with Crippen LogP contribution in [0.4, 0.5) is 17.1 Å². The van der Waals surface area contributed by atoms with Gasteiger partial charge in [0.1, 0.15) is 0 Å². The lowest BCUT2D eigenvalue weighted by molar-refractivity contribution is 0.590. The Balaban J connectivity index is 1.16. The molecule has 0 atom stereocenters. The van der Waals surface area contributed by atoms with E-state index in [1.54, 1.807) is 0 Å². The van der Waals surface area contributed by atoms with Gasteiger partial charge in [-0.3, -0.25) is 0 Å². The maximum atomic E-state index is 2.43. The lowest BCUT2D eigenvalue weighted by atomic mass is 9.77. The number of aryl methyl sites for hydroxylation is 1. The summed E-state index contributed by atoms with van der Waals surface area (Å²) in [5.41, 5.74) is 19.5.